The SMILES string of the molecule is COc1cc(S(=O)(=O)NC[C@@H](O)CO)ccc1NCC#Cc1cc2c(N[C@H]3CCN(C[C@@H](O)CO)C[C@H]3F)cccc2n1CC(F)(F)F. The van der Waals surface area contributed by atoms with Crippen LogP contribution in [0.3, 0.4) is 0 Å². The third-order valence-corrected chi connectivity index (χ3v) is 9.14. The second-order valence-corrected chi connectivity index (χ2v) is 13.1. The summed E-state index contributed by atoms with van der Waals surface area (Å²) in [4.78, 5) is 1.55. The van der Waals surface area contributed by atoms with Crippen molar-refractivity contribution in [1.29, 1.82) is 0 Å². The van der Waals surface area contributed by atoms with Gasteiger partial charge in [0.2, 0.25) is 10.0 Å². The number of sulfonamides is 1. The number of benzene rings is 2. The van der Waals surface area contributed by atoms with Crippen LogP contribution < -0.4 is 20.1 Å². The van der Waals surface area contributed by atoms with E-state index in [-0.39, 0.29) is 41.5 Å². The number of nitrogens with one attached hydrogen (secondary N) is 3. The average molecular weight is 702 g/mol. The smallest absolute Gasteiger partial charge is 0.406 e. The van der Waals surface area contributed by atoms with Crippen LogP contribution in [0.5, 0.6) is 5.75 Å². The number of likely N-dealkylation sites (tertiary alicyclic amines) is 1. The van der Waals surface area contributed by atoms with Gasteiger partial charge in [-0.1, -0.05) is 12.0 Å². The molecule has 17 heteroatoms. The highest BCUT2D eigenvalue weighted by Crippen LogP contribution is 2.32. The molecule has 7 N–H and O–H groups in total. The van der Waals surface area contributed by atoms with Gasteiger partial charge in [0.15, 0.2) is 0 Å². The van der Waals surface area contributed by atoms with E-state index >= 15 is 4.39 Å². The summed E-state index contributed by atoms with van der Waals surface area (Å²) in [5, 5.41) is 43.7. The number of anilines is 2. The lowest BCUT2D eigenvalue weighted by atomic mass is 10.0. The van der Waals surface area contributed by atoms with Crippen molar-refractivity contribution >= 4 is 32.3 Å². The number of hydrogen-bond acceptors (Lipinski definition) is 10. The van der Waals surface area contributed by atoms with Crippen LogP contribution in [0.4, 0.5) is 28.9 Å². The highest BCUT2D eigenvalue weighted by molar-refractivity contribution is 7.89. The number of aromatic nitrogens is 1. The number of nitrogens with zero attached hydrogens (tertiary/aromatic N) is 2. The van der Waals surface area contributed by atoms with E-state index in [9.17, 15) is 31.8 Å². The summed E-state index contributed by atoms with van der Waals surface area (Å²) in [5.74, 6) is 5.72. The second-order valence-electron chi connectivity index (χ2n) is 11.3. The molecule has 0 bridgehead atoms. The fraction of sp³-hybridized carbons (Fsp3) is 0.484. The number of fused-ring (bicyclic) bond motifs is 1. The molecule has 0 spiro atoms. The molecule has 1 saturated heterocycles. The quantitative estimate of drug-likeness (QED) is 0.0967. The zero-order chi connectivity index (χ0) is 35.1. The zero-order valence-corrected chi connectivity index (χ0v) is 26.9. The number of halogens is 4. The van der Waals surface area contributed by atoms with Crippen LogP contribution in [0.2, 0.25) is 0 Å². The van der Waals surface area contributed by atoms with Gasteiger partial charge < -0.3 is 40.4 Å². The summed E-state index contributed by atoms with van der Waals surface area (Å²) in [6, 6.07) is 9.61. The maximum Gasteiger partial charge on any atom is 0.406 e. The van der Waals surface area contributed by atoms with Crippen molar-refractivity contribution in [2.75, 3.05) is 63.7 Å². The topological polar surface area (TPSA) is 169 Å². The van der Waals surface area contributed by atoms with E-state index in [0.717, 1.165) is 4.57 Å². The Bertz CT molecular complexity index is 1710. The van der Waals surface area contributed by atoms with E-state index in [4.69, 9.17) is 14.9 Å². The molecule has 0 unspecified atom stereocenters. The van der Waals surface area contributed by atoms with Crippen molar-refractivity contribution in [3.8, 4) is 17.6 Å². The highest BCUT2D eigenvalue weighted by Gasteiger charge is 2.32. The summed E-state index contributed by atoms with van der Waals surface area (Å²) in [6.07, 6.45) is -7.77. The lowest BCUT2D eigenvalue weighted by Crippen LogP contribution is -2.50. The van der Waals surface area contributed by atoms with Gasteiger partial charge in [-0.25, -0.2) is 17.5 Å². The van der Waals surface area contributed by atoms with Crippen molar-refractivity contribution in [3.05, 3.63) is 48.2 Å². The Hall–Kier alpha value is -3.63. The minimum absolute atomic E-state index is 0.0263. The molecule has 2 aromatic carbocycles. The summed E-state index contributed by atoms with van der Waals surface area (Å²) in [5.41, 5.74) is 1.15. The largest absolute Gasteiger partial charge is 0.495 e. The monoisotopic (exact) mass is 701 g/mol. The zero-order valence-electron chi connectivity index (χ0n) is 26.0. The maximum absolute atomic E-state index is 15.1. The Balaban J connectivity index is 1.52. The summed E-state index contributed by atoms with van der Waals surface area (Å²) < 4.78 is 89.6. The molecule has 264 valence electrons. The standard InChI is InChI=1S/C31H39F4N5O7S/c1-47-30-13-23(48(45,46)37-14-21(43)17-41)7-8-28(30)36-10-3-4-20-12-24-26(5-2-6-29(24)40(20)19-31(33,34)35)38-27-9-11-39(16-25(27)32)15-22(44)18-42/h2,5-8,12-13,21-22,25,27,36-38,41-44H,9-11,14-19H2,1H3/t21-,22-,25-,27+/m1/s1. The third kappa shape index (κ3) is 9.72. The van der Waals surface area contributed by atoms with Crippen molar-refractivity contribution in [2.45, 2.75) is 48.5 Å². The Morgan fingerprint density at radius 2 is 1.83 bits per heavy atom. The minimum Gasteiger partial charge on any atom is -0.495 e. The molecule has 3 aromatic rings. The normalized spacial score (nSPS) is 18.6. The van der Waals surface area contributed by atoms with Gasteiger partial charge >= 0.3 is 6.18 Å². The molecule has 1 aromatic heterocycles. The van der Waals surface area contributed by atoms with Gasteiger partial charge in [-0.2, -0.15) is 13.2 Å². The fourth-order valence-electron chi connectivity index (χ4n) is 5.33. The summed E-state index contributed by atoms with van der Waals surface area (Å²) >= 11 is 0. The molecular formula is C31H39F4N5O7S. The molecule has 2 heterocycles. The first-order chi connectivity index (χ1) is 22.7. The minimum atomic E-state index is -4.56. The van der Waals surface area contributed by atoms with Crippen molar-refractivity contribution in [3.63, 3.8) is 0 Å². The van der Waals surface area contributed by atoms with Crippen molar-refractivity contribution in [1.82, 2.24) is 14.2 Å². The molecular weight excluding hydrogens is 662 g/mol. The first-order valence-electron chi connectivity index (χ1n) is 15.0. The second kappa shape index (κ2) is 16.2. The highest BCUT2D eigenvalue weighted by atomic mass is 32.2. The Kier molecular flexibility index (Phi) is 12.5. The van der Waals surface area contributed by atoms with E-state index in [1.54, 1.807) is 17.0 Å². The molecule has 12 nitrogen and oxygen atoms in total. The fourth-order valence-corrected chi connectivity index (χ4v) is 6.42. The van der Waals surface area contributed by atoms with Crippen LogP contribution in [0, 0.1) is 11.8 Å². The molecule has 48 heavy (non-hydrogen) atoms. The maximum atomic E-state index is 15.1. The van der Waals surface area contributed by atoms with Gasteiger partial charge in [0.05, 0.1) is 66.9 Å². The molecule has 0 amide bonds. The van der Waals surface area contributed by atoms with Gasteiger partial charge in [0.1, 0.15) is 18.5 Å². The van der Waals surface area contributed by atoms with Crippen LogP contribution in [-0.2, 0) is 16.6 Å². The van der Waals surface area contributed by atoms with E-state index in [2.05, 4.69) is 27.2 Å². The Morgan fingerprint density at radius 1 is 1.08 bits per heavy atom. The van der Waals surface area contributed by atoms with E-state index < -0.39 is 66.9 Å². The predicted molar refractivity (Wildman–Crippen MR) is 171 cm³/mol. The summed E-state index contributed by atoms with van der Waals surface area (Å²) in [7, 11) is -2.71. The number of hydrogen-bond donors (Lipinski definition) is 7. The predicted octanol–water partition coefficient (Wildman–Crippen LogP) is 1.48. The molecule has 1 fully saturated rings. The number of methoxy groups -OCH3 is 1. The lowest BCUT2D eigenvalue weighted by Gasteiger charge is -2.36. The number of aliphatic hydroxyl groups is 4. The summed E-state index contributed by atoms with van der Waals surface area (Å²) in [6.45, 7) is -2.18. The molecule has 0 aliphatic carbocycles. The lowest BCUT2D eigenvalue weighted by molar-refractivity contribution is -0.140. The molecule has 0 radical (unpaired) electrons. The van der Waals surface area contributed by atoms with Gasteiger partial charge in [-0.3, -0.25) is 4.90 Å². The van der Waals surface area contributed by atoms with Crippen LogP contribution >= 0.6 is 0 Å². The van der Waals surface area contributed by atoms with E-state index in [1.807, 2.05) is 0 Å². The molecule has 1 aliphatic rings. The van der Waals surface area contributed by atoms with Gasteiger partial charge in [-0.15, -0.1) is 0 Å². The number of rotatable bonds is 14. The number of piperidine rings is 1. The molecule has 1 aliphatic heterocycles. The Morgan fingerprint density at radius 3 is 2.50 bits per heavy atom. The number of ether oxygens (including phenoxy) is 1. The van der Waals surface area contributed by atoms with Crippen LogP contribution in [0.25, 0.3) is 10.9 Å². The van der Waals surface area contributed by atoms with Crippen molar-refractivity contribution < 1.29 is 51.1 Å². The first-order valence-corrected chi connectivity index (χ1v) is 16.5. The number of alkyl halides is 4. The van der Waals surface area contributed by atoms with Gasteiger partial charge in [0, 0.05) is 43.3 Å². The van der Waals surface area contributed by atoms with E-state index in [0.29, 0.717) is 29.7 Å². The van der Waals surface area contributed by atoms with Gasteiger partial charge in [0.25, 0.3) is 0 Å². The van der Waals surface area contributed by atoms with Gasteiger partial charge in [-0.05, 0) is 42.7 Å². The molecule has 4 atom stereocenters. The van der Waals surface area contributed by atoms with Crippen LogP contribution in [-0.4, -0.2) is 122 Å². The Labute approximate surface area is 275 Å². The molecule has 4 rings (SSSR count). The van der Waals surface area contributed by atoms with Crippen LogP contribution in [0.1, 0.15) is 12.1 Å². The first kappa shape index (κ1) is 37.2. The molecule has 0 saturated carbocycles. The average Bonchev–Trinajstić information content (AvgIpc) is 3.39. The number of β-amino-alcohol motifs (C(OH)–C–C–N with tert-alkyl or cyclic N) is 1. The van der Waals surface area contributed by atoms with E-state index in [1.165, 1.54) is 37.4 Å². The number of aliphatic hydroxyl groups excluding tert-OH is 4. The van der Waals surface area contributed by atoms with Crippen LogP contribution in [0.15, 0.2) is 47.4 Å². The third-order valence-electron chi connectivity index (χ3n) is 7.72. The van der Waals surface area contributed by atoms with Crippen molar-refractivity contribution in [2.24, 2.45) is 0 Å².